The molecule has 0 aliphatic heterocycles. The Morgan fingerprint density at radius 2 is 1.81 bits per heavy atom. The molecule has 32 heavy (non-hydrogen) atoms. The third-order valence-corrected chi connectivity index (χ3v) is 10.4. The molecule has 5 aliphatic carbocycles. The number of aryl methyl sites for hydroxylation is 1. The molecule has 1 aromatic rings. The van der Waals surface area contributed by atoms with Crippen LogP contribution in [-0.2, 0) is 19.6 Å². The number of hydrogen-bond donors (Lipinski definition) is 2. The first-order chi connectivity index (χ1) is 15.0. The van der Waals surface area contributed by atoms with Gasteiger partial charge in [-0.25, -0.2) is 12.8 Å². The van der Waals surface area contributed by atoms with Crippen molar-refractivity contribution in [2.24, 2.45) is 34.8 Å². The Hall–Kier alpha value is -1.80. The molecule has 0 spiro atoms. The summed E-state index contributed by atoms with van der Waals surface area (Å²) < 4.78 is 42.9. The number of benzene rings is 1. The van der Waals surface area contributed by atoms with Gasteiger partial charge in [-0.2, -0.15) is 4.72 Å². The van der Waals surface area contributed by atoms with E-state index in [-0.39, 0.29) is 17.6 Å². The van der Waals surface area contributed by atoms with Crippen LogP contribution in [0.15, 0.2) is 23.1 Å². The van der Waals surface area contributed by atoms with E-state index in [2.05, 4.69) is 4.72 Å². The summed E-state index contributed by atoms with van der Waals surface area (Å²) in [6, 6.07) is 3.96. The van der Waals surface area contributed by atoms with Gasteiger partial charge in [0.05, 0.1) is 5.54 Å². The maximum absolute atomic E-state index is 14.3. The topological polar surface area (TPSA) is 106 Å². The molecule has 6 nitrogen and oxygen atoms in total. The lowest BCUT2D eigenvalue weighted by Crippen LogP contribution is -2.61. The van der Waals surface area contributed by atoms with Gasteiger partial charge in [0, 0.05) is 11.8 Å². The van der Waals surface area contributed by atoms with E-state index in [1.165, 1.54) is 12.1 Å². The molecule has 6 rings (SSSR count). The molecule has 0 aromatic heterocycles. The summed E-state index contributed by atoms with van der Waals surface area (Å²) in [7, 11) is -4.17. The minimum absolute atomic E-state index is 0.0917. The van der Waals surface area contributed by atoms with Crippen molar-refractivity contribution in [3.8, 4) is 0 Å². The van der Waals surface area contributed by atoms with Crippen LogP contribution >= 0.6 is 0 Å². The zero-order valence-electron chi connectivity index (χ0n) is 18.4. The number of sulfonamides is 1. The van der Waals surface area contributed by atoms with Crippen molar-refractivity contribution in [1.29, 1.82) is 0 Å². The van der Waals surface area contributed by atoms with E-state index >= 15 is 0 Å². The van der Waals surface area contributed by atoms with Gasteiger partial charge in [0.1, 0.15) is 10.7 Å². The largest absolute Gasteiger partial charge is 0.369 e. The fourth-order valence-corrected chi connectivity index (χ4v) is 8.88. The molecule has 1 aromatic carbocycles. The summed E-state index contributed by atoms with van der Waals surface area (Å²) >= 11 is 0. The number of halogens is 1. The summed E-state index contributed by atoms with van der Waals surface area (Å²) in [6.45, 7) is 1.70. The molecule has 5 saturated carbocycles. The van der Waals surface area contributed by atoms with Crippen LogP contribution in [0.4, 0.5) is 4.39 Å². The summed E-state index contributed by atoms with van der Waals surface area (Å²) in [5.41, 5.74) is 4.85. The van der Waals surface area contributed by atoms with Gasteiger partial charge in [-0.1, -0.05) is 6.07 Å². The molecular weight excluding hydrogens is 431 g/mol. The monoisotopic (exact) mass is 462 g/mol. The fourth-order valence-electron chi connectivity index (χ4n) is 7.27. The lowest BCUT2D eigenvalue weighted by atomic mass is 9.45. The van der Waals surface area contributed by atoms with E-state index in [4.69, 9.17) is 5.73 Å². The highest BCUT2D eigenvalue weighted by Crippen LogP contribution is 2.63. The number of amides is 1. The number of hydrogen-bond acceptors (Lipinski definition) is 4. The number of nitrogens with two attached hydrogens (primary N) is 1. The van der Waals surface area contributed by atoms with Gasteiger partial charge in [-0.3, -0.25) is 9.59 Å². The van der Waals surface area contributed by atoms with Crippen LogP contribution in [-0.4, -0.2) is 25.6 Å². The number of ketones is 1. The van der Waals surface area contributed by atoms with E-state index in [1.54, 1.807) is 6.92 Å². The van der Waals surface area contributed by atoms with Crippen molar-refractivity contribution in [1.82, 2.24) is 4.72 Å². The first-order valence-electron chi connectivity index (χ1n) is 11.7. The molecule has 0 heterocycles. The van der Waals surface area contributed by atoms with Crippen molar-refractivity contribution >= 4 is 21.7 Å². The van der Waals surface area contributed by atoms with Crippen LogP contribution < -0.4 is 10.5 Å². The quantitative estimate of drug-likeness (QED) is 0.649. The number of primary amides is 1. The van der Waals surface area contributed by atoms with Gasteiger partial charge in [0.15, 0.2) is 5.78 Å². The second-order valence-electron chi connectivity index (χ2n) is 10.9. The molecule has 2 unspecified atom stereocenters. The van der Waals surface area contributed by atoms with E-state index in [0.717, 1.165) is 44.6 Å². The molecule has 8 heteroatoms. The number of carbonyl (C=O) groups excluding carboxylic acids is 2. The Morgan fingerprint density at radius 1 is 1.16 bits per heavy atom. The van der Waals surface area contributed by atoms with Crippen LogP contribution in [0.2, 0.25) is 0 Å². The minimum Gasteiger partial charge on any atom is -0.369 e. The summed E-state index contributed by atoms with van der Waals surface area (Å²) in [4.78, 5) is 25.3. The van der Waals surface area contributed by atoms with Gasteiger partial charge in [0.25, 0.3) is 0 Å². The van der Waals surface area contributed by atoms with E-state index in [9.17, 15) is 22.4 Å². The van der Waals surface area contributed by atoms with Crippen molar-refractivity contribution in [2.75, 3.05) is 0 Å². The maximum atomic E-state index is 14.3. The van der Waals surface area contributed by atoms with Gasteiger partial charge in [-0.15, -0.1) is 0 Å². The normalized spacial score (nSPS) is 34.8. The first kappa shape index (κ1) is 22.0. The third-order valence-electron chi connectivity index (χ3n) is 8.86. The van der Waals surface area contributed by atoms with Crippen LogP contribution in [0.1, 0.15) is 63.4 Å². The highest BCUT2D eigenvalue weighted by molar-refractivity contribution is 7.89. The van der Waals surface area contributed by atoms with Crippen LogP contribution in [0.5, 0.6) is 0 Å². The zero-order valence-corrected chi connectivity index (χ0v) is 19.2. The van der Waals surface area contributed by atoms with Gasteiger partial charge in [0.2, 0.25) is 15.9 Å². The molecule has 5 fully saturated rings. The SMILES string of the molecule is Cc1ccc(F)c(S(=O)(=O)NC2(C(=O)CC3C4CC5CC3CC(C(N)=O)(C5)C4)CCC2)c1. The molecular formula is C24H31FN2O4S. The lowest BCUT2D eigenvalue weighted by molar-refractivity contribution is -0.152. The molecule has 4 bridgehead atoms. The van der Waals surface area contributed by atoms with Crippen molar-refractivity contribution in [3.05, 3.63) is 29.6 Å². The predicted molar refractivity (Wildman–Crippen MR) is 116 cm³/mol. The first-order valence-corrected chi connectivity index (χ1v) is 13.2. The number of nitrogens with one attached hydrogen (secondary N) is 1. The Kier molecular flexibility index (Phi) is 5.06. The zero-order chi connectivity index (χ0) is 22.9. The molecule has 2 atom stereocenters. The second-order valence-corrected chi connectivity index (χ2v) is 12.5. The standard InChI is InChI=1S/C24H31FN2O4S/c1-14-3-4-19(25)20(7-14)32(30,31)27-24(5-2-6-24)21(28)10-18-16-8-15-9-17(18)13-23(11-15,12-16)22(26)29/h3-4,7,15-18,27H,2,5-6,8-13H2,1H3,(H2,26,29). The fraction of sp³-hybridized carbons (Fsp3) is 0.667. The summed E-state index contributed by atoms with van der Waals surface area (Å²) in [5.74, 6) is 0.149. The van der Waals surface area contributed by atoms with Crippen LogP contribution in [0.3, 0.4) is 0 Å². The average molecular weight is 463 g/mol. The smallest absolute Gasteiger partial charge is 0.244 e. The molecule has 5 aliphatic rings. The number of rotatable bonds is 7. The Balaban J connectivity index is 1.35. The Labute approximate surface area is 188 Å². The van der Waals surface area contributed by atoms with Gasteiger partial charge in [-0.05, 0) is 99.7 Å². The van der Waals surface area contributed by atoms with Gasteiger partial charge < -0.3 is 5.73 Å². The summed E-state index contributed by atoms with van der Waals surface area (Å²) in [6.07, 6.45) is 6.38. The van der Waals surface area contributed by atoms with Gasteiger partial charge >= 0.3 is 0 Å². The highest BCUT2D eigenvalue weighted by Gasteiger charge is 2.59. The van der Waals surface area contributed by atoms with Crippen molar-refractivity contribution < 1.29 is 22.4 Å². The molecule has 0 radical (unpaired) electrons. The van der Waals surface area contributed by atoms with E-state index < -0.39 is 31.7 Å². The highest BCUT2D eigenvalue weighted by atomic mass is 32.2. The Morgan fingerprint density at radius 3 is 2.38 bits per heavy atom. The van der Waals surface area contributed by atoms with Crippen molar-refractivity contribution in [2.45, 2.75) is 75.1 Å². The lowest BCUT2D eigenvalue weighted by Gasteiger charge is -2.59. The van der Waals surface area contributed by atoms with Crippen LogP contribution in [0, 0.1) is 41.8 Å². The third kappa shape index (κ3) is 3.41. The van der Waals surface area contributed by atoms with E-state index in [1.807, 2.05) is 0 Å². The number of carbonyl (C=O) groups is 2. The molecule has 3 N–H and O–H groups in total. The number of Topliss-reactive ketones (excluding diaryl/α,β-unsaturated/α-hetero) is 1. The molecule has 0 saturated heterocycles. The van der Waals surface area contributed by atoms with Crippen LogP contribution in [0.25, 0.3) is 0 Å². The average Bonchev–Trinajstić information content (AvgIpc) is 2.68. The predicted octanol–water partition coefficient (Wildman–Crippen LogP) is 3.22. The van der Waals surface area contributed by atoms with E-state index in [0.29, 0.717) is 42.6 Å². The molecule has 174 valence electrons. The maximum Gasteiger partial charge on any atom is 0.244 e. The summed E-state index contributed by atoms with van der Waals surface area (Å²) in [5, 5.41) is 0. The minimum atomic E-state index is -4.17. The Bertz CT molecular complexity index is 1070. The van der Waals surface area contributed by atoms with Crippen molar-refractivity contribution in [3.63, 3.8) is 0 Å². The molecule has 1 amide bonds. The second kappa shape index (κ2) is 7.35.